The highest BCUT2D eigenvalue weighted by Crippen LogP contribution is 2.30. The first kappa shape index (κ1) is 18.8. The Hall–Kier alpha value is -2.50. The van der Waals surface area contributed by atoms with Crippen LogP contribution in [0.5, 0.6) is 0 Å². The molecule has 140 valence electrons. The molecule has 0 aliphatic heterocycles. The molecule has 3 nitrogen and oxygen atoms in total. The minimum absolute atomic E-state index is 0.00721. The third-order valence-electron chi connectivity index (χ3n) is 4.43. The van der Waals surface area contributed by atoms with E-state index in [0.717, 1.165) is 21.6 Å². The molecular weight excluding hydrogens is 432 g/mol. The van der Waals surface area contributed by atoms with E-state index in [4.69, 9.17) is 0 Å². The summed E-state index contributed by atoms with van der Waals surface area (Å²) in [6.07, 6.45) is 2.15. The SMILES string of the molecule is O=C(CSc1cn(Cc2ccccc2)c2ccccc12)Nc1ccc(Br)cc1. The van der Waals surface area contributed by atoms with Crippen LogP contribution in [0.2, 0.25) is 0 Å². The van der Waals surface area contributed by atoms with Gasteiger partial charge in [-0.3, -0.25) is 4.79 Å². The van der Waals surface area contributed by atoms with Crippen molar-refractivity contribution in [2.24, 2.45) is 0 Å². The molecule has 0 atom stereocenters. The van der Waals surface area contributed by atoms with Crippen LogP contribution in [0, 0.1) is 0 Å². The van der Waals surface area contributed by atoms with E-state index in [1.54, 1.807) is 11.8 Å². The van der Waals surface area contributed by atoms with Gasteiger partial charge in [-0.05, 0) is 35.9 Å². The van der Waals surface area contributed by atoms with Crippen molar-refractivity contribution < 1.29 is 4.79 Å². The summed E-state index contributed by atoms with van der Waals surface area (Å²) in [6.45, 7) is 0.813. The van der Waals surface area contributed by atoms with Crippen LogP contribution in [-0.2, 0) is 11.3 Å². The van der Waals surface area contributed by atoms with Gasteiger partial charge in [-0.1, -0.05) is 64.5 Å². The minimum Gasteiger partial charge on any atom is -0.342 e. The summed E-state index contributed by atoms with van der Waals surface area (Å²) in [5, 5.41) is 4.13. The second kappa shape index (κ2) is 8.67. The molecule has 0 unspecified atom stereocenters. The summed E-state index contributed by atoms with van der Waals surface area (Å²) >= 11 is 4.97. The lowest BCUT2D eigenvalue weighted by atomic mass is 10.2. The fourth-order valence-corrected chi connectivity index (χ4v) is 4.27. The highest BCUT2D eigenvalue weighted by atomic mass is 79.9. The van der Waals surface area contributed by atoms with E-state index >= 15 is 0 Å². The number of carbonyl (C=O) groups is 1. The third kappa shape index (κ3) is 4.49. The number of rotatable bonds is 6. The van der Waals surface area contributed by atoms with Crippen LogP contribution in [0.1, 0.15) is 5.56 Å². The van der Waals surface area contributed by atoms with Crippen LogP contribution in [0.4, 0.5) is 5.69 Å². The highest BCUT2D eigenvalue weighted by Gasteiger charge is 2.11. The number of nitrogens with one attached hydrogen (secondary N) is 1. The second-order valence-electron chi connectivity index (χ2n) is 6.47. The fraction of sp³-hybridized carbons (Fsp3) is 0.0870. The summed E-state index contributed by atoms with van der Waals surface area (Å²) in [5.41, 5.74) is 3.25. The molecule has 0 saturated carbocycles. The van der Waals surface area contributed by atoms with Gasteiger partial charge >= 0.3 is 0 Å². The lowest BCUT2D eigenvalue weighted by Crippen LogP contribution is -2.13. The molecule has 1 aromatic heterocycles. The molecule has 0 aliphatic carbocycles. The van der Waals surface area contributed by atoms with Crippen LogP contribution in [-0.4, -0.2) is 16.2 Å². The van der Waals surface area contributed by atoms with Crippen LogP contribution in [0.3, 0.4) is 0 Å². The average molecular weight is 451 g/mol. The topological polar surface area (TPSA) is 34.0 Å². The number of hydrogen-bond acceptors (Lipinski definition) is 2. The molecule has 0 aliphatic rings. The van der Waals surface area contributed by atoms with Crippen molar-refractivity contribution in [3.63, 3.8) is 0 Å². The fourth-order valence-electron chi connectivity index (χ4n) is 3.11. The quantitative estimate of drug-likeness (QED) is 0.355. The monoisotopic (exact) mass is 450 g/mol. The van der Waals surface area contributed by atoms with E-state index in [2.05, 4.69) is 74.5 Å². The third-order valence-corrected chi connectivity index (χ3v) is 6.01. The van der Waals surface area contributed by atoms with Crippen molar-refractivity contribution in [2.75, 3.05) is 11.1 Å². The lowest BCUT2D eigenvalue weighted by molar-refractivity contribution is -0.113. The van der Waals surface area contributed by atoms with Crippen molar-refractivity contribution in [3.8, 4) is 0 Å². The summed E-state index contributed by atoms with van der Waals surface area (Å²) in [4.78, 5) is 13.5. The Morgan fingerprint density at radius 2 is 1.64 bits per heavy atom. The molecule has 28 heavy (non-hydrogen) atoms. The molecule has 0 spiro atoms. The first-order valence-corrected chi connectivity index (χ1v) is 10.8. The van der Waals surface area contributed by atoms with Gasteiger partial charge in [0.2, 0.25) is 5.91 Å². The van der Waals surface area contributed by atoms with Gasteiger partial charge in [-0.25, -0.2) is 0 Å². The van der Waals surface area contributed by atoms with Crippen molar-refractivity contribution in [1.82, 2.24) is 4.57 Å². The van der Waals surface area contributed by atoms with Gasteiger partial charge in [-0.15, -0.1) is 11.8 Å². The Labute approximate surface area is 176 Å². The standard InChI is InChI=1S/C23H19BrN2OS/c24-18-10-12-19(13-11-18)25-23(27)16-28-22-15-26(14-17-6-2-1-3-7-17)21-9-5-4-8-20(21)22/h1-13,15H,14,16H2,(H,25,27). The van der Waals surface area contributed by atoms with Gasteiger partial charge in [-0.2, -0.15) is 0 Å². The van der Waals surface area contributed by atoms with Crippen LogP contribution < -0.4 is 5.32 Å². The van der Waals surface area contributed by atoms with E-state index in [9.17, 15) is 4.79 Å². The maximum absolute atomic E-state index is 12.4. The summed E-state index contributed by atoms with van der Waals surface area (Å²) < 4.78 is 3.24. The molecule has 5 heteroatoms. The number of hydrogen-bond donors (Lipinski definition) is 1. The normalized spacial score (nSPS) is 10.9. The molecule has 4 rings (SSSR count). The predicted molar refractivity (Wildman–Crippen MR) is 121 cm³/mol. The Morgan fingerprint density at radius 1 is 0.929 bits per heavy atom. The predicted octanol–water partition coefficient (Wildman–Crippen LogP) is 6.18. The molecule has 1 N–H and O–H groups in total. The number of halogens is 1. The number of fused-ring (bicyclic) bond motifs is 1. The molecule has 1 amide bonds. The summed E-state index contributed by atoms with van der Waals surface area (Å²) in [7, 11) is 0. The van der Waals surface area contributed by atoms with Crippen LogP contribution in [0.25, 0.3) is 10.9 Å². The van der Waals surface area contributed by atoms with Crippen molar-refractivity contribution in [3.05, 3.63) is 95.1 Å². The van der Waals surface area contributed by atoms with Crippen molar-refractivity contribution in [2.45, 2.75) is 11.4 Å². The van der Waals surface area contributed by atoms with E-state index in [1.165, 1.54) is 16.5 Å². The molecule has 4 aromatic rings. The number of carbonyl (C=O) groups excluding carboxylic acids is 1. The van der Waals surface area contributed by atoms with Crippen molar-refractivity contribution >= 4 is 50.2 Å². The zero-order chi connectivity index (χ0) is 19.3. The van der Waals surface area contributed by atoms with E-state index in [-0.39, 0.29) is 5.91 Å². The number of benzene rings is 3. The number of nitrogens with zero attached hydrogens (tertiary/aromatic N) is 1. The highest BCUT2D eigenvalue weighted by molar-refractivity contribution is 9.10. The zero-order valence-corrected chi connectivity index (χ0v) is 17.5. The molecule has 0 bridgehead atoms. The number of amides is 1. The number of aromatic nitrogens is 1. The van der Waals surface area contributed by atoms with E-state index in [1.807, 2.05) is 36.4 Å². The largest absolute Gasteiger partial charge is 0.342 e. The summed E-state index contributed by atoms with van der Waals surface area (Å²) in [5.74, 6) is 0.363. The zero-order valence-electron chi connectivity index (χ0n) is 15.1. The van der Waals surface area contributed by atoms with Gasteiger partial charge in [0, 0.05) is 38.7 Å². The average Bonchev–Trinajstić information content (AvgIpc) is 3.07. The van der Waals surface area contributed by atoms with E-state index < -0.39 is 0 Å². The molecule has 0 saturated heterocycles. The molecule has 1 heterocycles. The van der Waals surface area contributed by atoms with E-state index in [0.29, 0.717) is 5.75 Å². The molecular formula is C23H19BrN2OS. The van der Waals surface area contributed by atoms with Gasteiger partial charge in [0.05, 0.1) is 5.75 Å². The maximum atomic E-state index is 12.4. The first-order valence-electron chi connectivity index (χ1n) is 8.99. The first-order chi connectivity index (χ1) is 13.7. The Kier molecular flexibility index (Phi) is 5.84. The Morgan fingerprint density at radius 3 is 2.43 bits per heavy atom. The number of thioether (sulfide) groups is 1. The minimum atomic E-state index is -0.00721. The lowest BCUT2D eigenvalue weighted by Gasteiger charge is -2.05. The van der Waals surface area contributed by atoms with Gasteiger partial charge in [0.15, 0.2) is 0 Å². The Bertz CT molecular complexity index is 1090. The van der Waals surface area contributed by atoms with Crippen LogP contribution >= 0.6 is 27.7 Å². The smallest absolute Gasteiger partial charge is 0.234 e. The second-order valence-corrected chi connectivity index (χ2v) is 8.40. The molecule has 0 fully saturated rings. The van der Waals surface area contributed by atoms with Gasteiger partial charge in [0.25, 0.3) is 0 Å². The number of para-hydroxylation sites is 1. The maximum Gasteiger partial charge on any atom is 0.234 e. The summed E-state index contributed by atoms with van der Waals surface area (Å²) in [6, 6.07) is 26.4. The molecule has 0 radical (unpaired) electrons. The van der Waals surface area contributed by atoms with Crippen LogP contribution in [0.15, 0.2) is 94.4 Å². The van der Waals surface area contributed by atoms with Gasteiger partial charge < -0.3 is 9.88 Å². The van der Waals surface area contributed by atoms with Gasteiger partial charge in [0.1, 0.15) is 0 Å². The number of anilines is 1. The Balaban J connectivity index is 1.49. The molecule has 3 aromatic carbocycles. The van der Waals surface area contributed by atoms with Crippen molar-refractivity contribution in [1.29, 1.82) is 0 Å².